The summed E-state index contributed by atoms with van der Waals surface area (Å²) in [7, 11) is -3.69. The Bertz CT molecular complexity index is 878. The molecule has 1 saturated carbocycles. The fourth-order valence-electron chi connectivity index (χ4n) is 3.43. The largest absolute Gasteiger partial charge is 0.386 e. The maximum absolute atomic E-state index is 13.1. The van der Waals surface area contributed by atoms with Gasteiger partial charge in [-0.1, -0.05) is 5.16 Å². The molecule has 2 aromatic heterocycles. The first-order valence-corrected chi connectivity index (χ1v) is 9.99. The van der Waals surface area contributed by atoms with Crippen molar-refractivity contribution in [2.75, 3.05) is 6.54 Å². The zero-order valence-electron chi connectivity index (χ0n) is 14.3. The average Bonchev–Trinajstić information content (AvgIpc) is 3.29. The van der Waals surface area contributed by atoms with Crippen LogP contribution in [0.15, 0.2) is 15.5 Å². The lowest BCUT2D eigenvalue weighted by molar-refractivity contribution is 0.148. The summed E-state index contributed by atoms with van der Waals surface area (Å²) in [6.07, 6.45) is 2.16. The van der Waals surface area contributed by atoms with E-state index in [2.05, 4.69) is 10.3 Å². The Hall–Kier alpha value is -1.71. The highest BCUT2D eigenvalue weighted by atomic mass is 32.2. The van der Waals surface area contributed by atoms with Crippen LogP contribution in [0.3, 0.4) is 0 Å². The van der Waals surface area contributed by atoms with E-state index in [-0.39, 0.29) is 11.4 Å². The number of hydrogen-bond acceptors (Lipinski definition) is 6. The van der Waals surface area contributed by atoms with Crippen LogP contribution < -0.4 is 0 Å². The van der Waals surface area contributed by atoms with Crippen LogP contribution in [0.5, 0.6) is 0 Å². The van der Waals surface area contributed by atoms with Crippen LogP contribution in [0.25, 0.3) is 0 Å². The molecule has 0 amide bonds. The van der Waals surface area contributed by atoms with Crippen molar-refractivity contribution < 1.29 is 18.0 Å². The van der Waals surface area contributed by atoms with Crippen LogP contribution in [0.2, 0.25) is 0 Å². The highest BCUT2D eigenvalue weighted by Crippen LogP contribution is 2.40. The van der Waals surface area contributed by atoms with Crippen molar-refractivity contribution in [1.82, 2.24) is 19.2 Å². The van der Waals surface area contributed by atoms with Gasteiger partial charge in [-0.2, -0.15) is 9.40 Å². The summed E-state index contributed by atoms with van der Waals surface area (Å²) in [5.41, 5.74) is 1.83. The second-order valence-corrected chi connectivity index (χ2v) is 8.79. The molecule has 0 saturated heterocycles. The molecule has 1 unspecified atom stereocenters. The molecule has 4 rings (SSSR count). The Balaban J connectivity index is 1.65. The molecule has 2 aliphatic rings. The normalized spacial score (nSPS) is 20.3. The molecule has 136 valence electrons. The summed E-state index contributed by atoms with van der Waals surface area (Å²) < 4.78 is 34.4. The maximum Gasteiger partial charge on any atom is 0.248 e. The highest BCUT2D eigenvalue weighted by Gasteiger charge is 2.35. The van der Waals surface area contributed by atoms with Crippen LogP contribution in [0.4, 0.5) is 0 Å². The SMILES string of the molecule is Cc1noc(C)c1S(=O)(=O)N1CCCn2nc(C(O)C3CC3)cc2C1. The smallest absolute Gasteiger partial charge is 0.248 e. The van der Waals surface area contributed by atoms with E-state index >= 15 is 0 Å². The second kappa shape index (κ2) is 5.93. The first-order valence-electron chi connectivity index (χ1n) is 8.55. The molecule has 8 nitrogen and oxygen atoms in total. The van der Waals surface area contributed by atoms with Crippen molar-refractivity contribution in [1.29, 1.82) is 0 Å². The fraction of sp³-hybridized carbons (Fsp3) is 0.625. The van der Waals surface area contributed by atoms with E-state index < -0.39 is 16.1 Å². The fourth-order valence-corrected chi connectivity index (χ4v) is 5.17. The van der Waals surface area contributed by atoms with Crippen molar-refractivity contribution in [2.45, 2.75) is 57.2 Å². The molecular weight excluding hydrogens is 344 g/mol. The van der Waals surface area contributed by atoms with Crippen LogP contribution in [0.1, 0.15) is 48.2 Å². The molecule has 25 heavy (non-hydrogen) atoms. The summed E-state index contributed by atoms with van der Waals surface area (Å²) in [5.74, 6) is 0.598. The number of nitrogens with zero attached hydrogens (tertiary/aromatic N) is 4. The van der Waals surface area contributed by atoms with Crippen LogP contribution >= 0.6 is 0 Å². The number of aryl methyl sites for hydroxylation is 3. The van der Waals surface area contributed by atoms with E-state index in [4.69, 9.17) is 4.52 Å². The van der Waals surface area contributed by atoms with Crippen molar-refractivity contribution in [3.05, 3.63) is 28.9 Å². The highest BCUT2D eigenvalue weighted by molar-refractivity contribution is 7.89. The summed E-state index contributed by atoms with van der Waals surface area (Å²) in [6.45, 7) is 4.53. The average molecular weight is 366 g/mol. The maximum atomic E-state index is 13.1. The van der Waals surface area contributed by atoms with Gasteiger partial charge in [0.05, 0.1) is 17.9 Å². The molecule has 3 heterocycles. The Morgan fingerprint density at radius 1 is 1.32 bits per heavy atom. The Morgan fingerprint density at radius 2 is 2.08 bits per heavy atom. The molecule has 0 radical (unpaired) electrons. The number of fused-ring (bicyclic) bond motifs is 1. The second-order valence-electron chi connectivity index (χ2n) is 6.91. The Labute approximate surface area is 146 Å². The van der Waals surface area contributed by atoms with Crippen LogP contribution in [-0.4, -0.2) is 39.3 Å². The zero-order valence-corrected chi connectivity index (χ0v) is 15.2. The van der Waals surface area contributed by atoms with Crippen molar-refractivity contribution in [3.63, 3.8) is 0 Å². The minimum atomic E-state index is -3.69. The lowest BCUT2D eigenvalue weighted by atomic mass is 10.1. The number of aromatic nitrogens is 3. The molecule has 2 aromatic rings. The Kier molecular flexibility index (Phi) is 3.97. The van der Waals surface area contributed by atoms with Crippen molar-refractivity contribution in [2.24, 2.45) is 5.92 Å². The molecular formula is C16H22N4O4S. The van der Waals surface area contributed by atoms with Crippen LogP contribution in [-0.2, 0) is 23.1 Å². The Morgan fingerprint density at radius 3 is 2.72 bits per heavy atom. The third-order valence-corrected chi connectivity index (χ3v) is 7.03. The third-order valence-electron chi connectivity index (χ3n) is 4.94. The van der Waals surface area contributed by atoms with Gasteiger partial charge in [-0.25, -0.2) is 8.42 Å². The zero-order chi connectivity index (χ0) is 17.8. The predicted octanol–water partition coefficient (Wildman–Crippen LogP) is 1.53. The van der Waals surface area contributed by atoms with Gasteiger partial charge in [0.2, 0.25) is 10.0 Å². The standard InChI is InChI=1S/C16H22N4O4S/c1-10-16(11(2)24-18-10)25(22,23)19-6-3-7-20-13(9-19)8-14(17-20)15(21)12-4-5-12/h8,12,15,21H,3-7,9H2,1-2H3. The summed E-state index contributed by atoms with van der Waals surface area (Å²) in [5, 5.41) is 18.6. The number of hydrogen-bond donors (Lipinski definition) is 1. The van der Waals surface area contributed by atoms with Gasteiger partial charge < -0.3 is 9.63 Å². The van der Waals surface area contributed by atoms with E-state index in [1.807, 2.05) is 10.7 Å². The van der Waals surface area contributed by atoms with Crippen molar-refractivity contribution >= 4 is 10.0 Å². The van der Waals surface area contributed by atoms with E-state index in [1.165, 1.54) is 4.31 Å². The molecule has 0 aromatic carbocycles. The van der Waals surface area contributed by atoms with E-state index in [1.54, 1.807) is 13.8 Å². The number of aliphatic hydroxyl groups excluding tert-OH is 1. The van der Waals surface area contributed by atoms with Gasteiger partial charge in [-0.05, 0) is 45.1 Å². The van der Waals surface area contributed by atoms with Gasteiger partial charge in [0, 0.05) is 13.1 Å². The molecule has 0 bridgehead atoms. The topological polar surface area (TPSA) is 101 Å². The van der Waals surface area contributed by atoms with Gasteiger partial charge in [0.1, 0.15) is 16.7 Å². The van der Waals surface area contributed by atoms with Gasteiger partial charge in [-0.15, -0.1) is 0 Å². The quantitative estimate of drug-likeness (QED) is 0.880. The third kappa shape index (κ3) is 2.90. The first kappa shape index (κ1) is 16.7. The number of sulfonamides is 1. The van der Waals surface area contributed by atoms with Gasteiger partial charge in [-0.3, -0.25) is 4.68 Å². The number of aliphatic hydroxyl groups is 1. The summed E-state index contributed by atoms with van der Waals surface area (Å²) >= 11 is 0. The molecule has 1 aliphatic carbocycles. The first-order chi connectivity index (χ1) is 11.9. The monoisotopic (exact) mass is 366 g/mol. The summed E-state index contributed by atoms with van der Waals surface area (Å²) in [6, 6.07) is 1.84. The summed E-state index contributed by atoms with van der Waals surface area (Å²) in [4.78, 5) is 0.152. The van der Waals surface area contributed by atoms with Gasteiger partial charge in [0.15, 0.2) is 5.76 Å². The molecule has 1 atom stereocenters. The number of rotatable bonds is 4. The molecule has 0 spiro atoms. The molecule has 1 fully saturated rings. The van der Waals surface area contributed by atoms with Crippen LogP contribution in [0, 0.1) is 19.8 Å². The minimum Gasteiger partial charge on any atom is -0.386 e. The van der Waals surface area contributed by atoms with Crippen molar-refractivity contribution in [3.8, 4) is 0 Å². The lowest BCUT2D eigenvalue weighted by Crippen LogP contribution is -2.31. The van der Waals surface area contributed by atoms with E-state index in [0.717, 1.165) is 18.5 Å². The molecule has 1 aliphatic heterocycles. The lowest BCUT2D eigenvalue weighted by Gasteiger charge is -2.19. The van der Waals surface area contributed by atoms with E-state index in [9.17, 15) is 13.5 Å². The molecule has 9 heteroatoms. The van der Waals surface area contributed by atoms with E-state index in [0.29, 0.717) is 42.6 Å². The van der Waals surface area contributed by atoms with Gasteiger partial charge >= 0.3 is 0 Å². The minimum absolute atomic E-state index is 0.152. The molecule has 1 N–H and O–H groups in total. The van der Waals surface area contributed by atoms with Gasteiger partial charge in [0.25, 0.3) is 0 Å². The predicted molar refractivity (Wildman–Crippen MR) is 88.1 cm³/mol.